The van der Waals surface area contributed by atoms with Gasteiger partial charge in [0.25, 0.3) is 0 Å². The number of phenols is 1. The number of hydrogen-bond acceptors (Lipinski definition) is 8. The van der Waals surface area contributed by atoms with Crippen molar-refractivity contribution in [1.82, 2.24) is 15.2 Å². The van der Waals surface area contributed by atoms with E-state index in [9.17, 15) is 19.8 Å². The van der Waals surface area contributed by atoms with Crippen molar-refractivity contribution in [2.24, 2.45) is 0 Å². The maximum absolute atomic E-state index is 12.7. The maximum atomic E-state index is 12.7. The number of ether oxygens (including phenoxy) is 1. The molecule has 1 heterocycles. The molecule has 0 aliphatic carbocycles. The van der Waals surface area contributed by atoms with Gasteiger partial charge < -0.3 is 30.2 Å². The van der Waals surface area contributed by atoms with E-state index in [2.05, 4.69) is 10.3 Å². The molecule has 0 spiro atoms. The van der Waals surface area contributed by atoms with Gasteiger partial charge in [0.2, 0.25) is 0 Å². The summed E-state index contributed by atoms with van der Waals surface area (Å²) in [6.45, 7) is 7.79. The molecule has 4 N–H and O–H groups in total. The molecular weight excluding hydrogens is 546 g/mol. The molecule has 0 unspecified atom stereocenters. The lowest BCUT2D eigenvalue weighted by Crippen LogP contribution is -2.38. The third-order valence-corrected chi connectivity index (χ3v) is 7.87. The van der Waals surface area contributed by atoms with Gasteiger partial charge in [-0.1, -0.05) is 41.1 Å². The van der Waals surface area contributed by atoms with E-state index in [4.69, 9.17) is 16.3 Å². The van der Waals surface area contributed by atoms with E-state index in [-0.39, 0.29) is 16.7 Å². The SMILES string of the molecule is CC(C)(C)OC(=O)N(CCCSCCNC[C@H](O)c1ccc(O)c2[nH]c(=O)sc12)CCc1cccc(Cl)c1. The van der Waals surface area contributed by atoms with Gasteiger partial charge in [0.05, 0.1) is 10.8 Å². The van der Waals surface area contributed by atoms with Crippen LogP contribution in [0.5, 0.6) is 5.75 Å². The largest absolute Gasteiger partial charge is 0.506 e. The van der Waals surface area contributed by atoms with Crippen LogP contribution in [0.15, 0.2) is 41.2 Å². The number of halogens is 1. The number of H-pyrrole nitrogens is 1. The first kappa shape index (κ1) is 30.3. The fraction of sp³-hybridized carbons (Fsp3) is 0.481. The molecule has 1 amide bonds. The predicted octanol–water partition coefficient (Wildman–Crippen LogP) is 5.17. The summed E-state index contributed by atoms with van der Waals surface area (Å²) >= 11 is 8.85. The first-order chi connectivity index (χ1) is 18.0. The molecule has 0 fully saturated rings. The Balaban J connectivity index is 1.38. The number of nitrogens with one attached hydrogen (secondary N) is 2. The topological polar surface area (TPSA) is 115 Å². The van der Waals surface area contributed by atoms with Crippen molar-refractivity contribution in [2.45, 2.75) is 45.3 Å². The van der Waals surface area contributed by atoms with Crippen LogP contribution >= 0.6 is 34.7 Å². The molecule has 0 aliphatic rings. The number of phenolic OH excluding ortho intramolecular Hbond substituents is 1. The molecule has 2 aromatic carbocycles. The Labute approximate surface area is 236 Å². The van der Waals surface area contributed by atoms with Crippen LogP contribution in [-0.2, 0) is 11.2 Å². The molecule has 11 heteroatoms. The first-order valence-corrected chi connectivity index (χ1v) is 14.9. The van der Waals surface area contributed by atoms with E-state index in [1.54, 1.807) is 22.7 Å². The monoisotopic (exact) mass is 581 g/mol. The van der Waals surface area contributed by atoms with Crippen LogP contribution in [0, 0.1) is 0 Å². The van der Waals surface area contributed by atoms with Gasteiger partial charge in [0.15, 0.2) is 0 Å². The predicted molar refractivity (Wildman–Crippen MR) is 157 cm³/mol. The number of aromatic hydroxyl groups is 1. The molecule has 38 heavy (non-hydrogen) atoms. The van der Waals surface area contributed by atoms with E-state index in [1.807, 2.05) is 45.0 Å². The van der Waals surface area contributed by atoms with Gasteiger partial charge in [-0.2, -0.15) is 11.8 Å². The molecule has 0 bridgehead atoms. The summed E-state index contributed by atoms with van der Waals surface area (Å²) in [4.78, 5) is 28.5. The molecule has 1 aromatic heterocycles. The van der Waals surface area contributed by atoms with E-state index >= 15 is 0 Å². The Morgan fingerprint density at radius 2 is 2.03 bits per heavy atom. The molecule has 3 rings (SSSR count). The lowest BCUT2D eigenvalue weighted by atomic mass is 10.1. The zero-order valence-corrected chi connectivity index (χ0v) is 24.3. The van der Waals surface area contributed by atoms with Gasteiger partial charge in [-0.05, 0) is 63.1 Å². The van der Waals surface area contributed by atoms with Gasteiger partial charge in [-0.25, -0.2) is 4.79 Å². The average Bonchev–Trinajstić information content (AvgIpc) is 3.23. The van der Waals surface area contributed by atoms with Crippen LogP contribution in [0.2, 0.25) is 5.02 Å². The third kappa shape index (κ3) is 9.50. The highest BCUT2D eigenvalue weighted by Crippen LogP contribution is 2.31. The zero-order chi connectivity index (χ0) is 27.7. The summed E-state index contributed by atoms with van der Waals surface area (Å²) in [5, 5.41) is 24.4. The Kier molecular flexibility index (Phi) is 11.3. The molecule has 8 nitrogen and oxygen atoms in total. The summed E-state index contributed by atoms with van der Waals surface area (Å²) in [7, 11) is 0. The second kappa shape index (κ2) is 14.2. The molecule has 0 aliphatic heterocycles. The minimum absolute atomic E-state index is 0.00615. The molecule has 208 valence electrons. The number of nitrogens with zero attached hydrogens (tertiary/aromatic N) is 1. The van der Waals surface area contributed by atoms with E-state index in [1.165, 1.54) is 6.07 Å². The van der Waals surface area contributed by atoms with Crippen LogP contribution in [0.1, 0.15) is 44.4 Å². The van der Waals surface area contributed by atoms with Crippen LogP contribution in [0.4, 0.5) is 4.79 Å². The van der Waals surface area contributed by atoms with Crippen LogP contribution in [0.25, 0.3) is 10.2 Å². The van der Waals surface area contributed by atoms with Gasteiger partial charge in [-0.15, -0.1) is 0 Å². The number of thiazole rings is 1. The Morgan fingerprint density at radius 1 is 1.24 bits per heavy atom. The zero-order valence-electron chi connectivity index (χ0n) is 22.0. The highest BCUT2D eigenvalue weighted by Gasteiger charge is 2.22. The number of amides is 1. The number of benzene rings is 2. The van der Waals surface area contributed by atoms with Gasteiger partial charge in [0, 0.05) is 42.5 Å². The Bertz CT molecular complexity index is 1260. The third-order valence-electron chi connectivity index (χ3n) is 5.64. The molecule has 3 aromatic rings. The van der Waals surface area contributed by atoms with Gasteiger partial charge in [0.1, 0.15) is 16.9 Å². The summed E-state index contributed by atoms with van der Waals surface area (Å²) < 4.78 is 6.18. The smallest absolute Gasteiger partial charge is 0.410 e. The van der Waals surface area contributed by atoms with Crippen molar-refractivity contribution in [2.75, 3.05) is 37.7 Å². The second-order valence-corrected chi connectivity index (χ2v) is 12.6. The summed E-state index contributed by atoms with van der Waals surface area (Å²) in [6.07, 6.45) is 0.430. The van der Waals surface area contributed by atoms with Crippen molar-refractivity contribution < 1.29 is 19.7 Å². The number of aromatic nitrogens is 1. The highest BCUT2D eigenvalue weighted by atomic mass is 35.5. The molecule has 0 saturated carbocycles. The summed E-state index contributed by atoms with van der Waals surface area (Å²) in [5.41, 5.74) is 1.50. The highest BCUT2D eigenvalue weighted by molar-refractivity contribution is 7.99. The minimum Gasteiger partial charge on any atom is -0.506 e. The number of fused-ring (bicyclic) bond motifs is 1. The van der Waals surface area contributed by atoms with Crippen molar-refractivity contribution >= 4 is 51.0 Å². The maximum Gasteiger partial charge on any atom is 0.410 e. The normalized spacial score (nSPS) is 12.6. The number of thioether (sulfide) groups is 1. The lowest BCUT2D eigenvalue weighted by molar-refractivity contribution is 0.0252. The van der Waals surface area contributed by atoms with Crippen molar-refractivity contribution in [3.05, 3.63) is 62.2 Å². The Morgan fingerprint density at radius 3 is 2.76 bits per heavy atom. The summed E-state index contributed by atoms with van der Waals surface area (Å²) in [5.74, 6) is 1.73. The van der Waals surface area contributed by atoms with Crippen molar-refractivity contribution in [1.29, 1.82) is 0 Å². The van der Waals surface area contributed by atoms with Gasteiger partial charge >= 0.3 is 11.0 Å². The fourth-order valence-corrected chi connectivity index (χ4v) is 5.79. The number of aromatic amines is 1. The number of aliphatic hydroxyl groups excluding tert-OH is 1. The molecule has 0 radical (unpaired) electrons. The molecule has 0 saturated heterocycles. The van der Waals surface area contributed by atoms with Crippen LogP contribution < -0.4 is 10.2 Å². The number of rotatable bonds is 13. The Hall–Kier alpha value is -2.24. The van der Waals surface area contributed by atoms with E-state index in [0.29, 0.717) is 53.4 Å². The van der Waals surface area contributed by atoms with E-state index < -0.39 is 11.7 Å². The first-order valence-electron chi connectivity index (χ1n) is 12.6. The van der Waals surface area contributed by atoms with Crippen LogP contribution in [0.3, 0.4) is 0 Å². The fourth-order valence-electron chi connectivity index (χ4n) is 3.83. The molecular formula is C27H36ClN3O5S2. The van der Waals surface area contributed by atoms with Crippen molar-refractivity contribution in [3.8, 4) is 5.75 Å². The summed E-state index contributed by atoms with van der Waals surface area (Å²) in [6, 6.07) is 10.8. The number of aliphatic hydroxyl groups is 1. The van der Waals surface area contributed by atoms with Crippen molar-refractivity contribution in [3.63, 3.8) is 0 Å². The van der Waals surface area contributed by atoms with Gasteiger partial charge in [-0.3, -0.25) is 4.79 Å². The van der Waals surface area contributed by atoms with Crippen LogP contribution in [-0.4, -0.2) is 69.5 Å². The minimum atomic E-state index is -0.795. The number of carbonyl (C=O) groups is 1. The quantitative estimate of drug-likeness (QED) is 0.206. The lowest BCUT2D eigenvalue weighted by Gasteiger charge is -2.27. The molecule has 1 atom stereocenters. The average molecular weight is 582 g/mol. The second-order valence-electron chi connectivity index (χ2n) is 9.93. The number of hydrogen-bond donors (Lipinski definition) is 4. The number of carbonyl (C=O) groups excluding carboxylic acids is 1. The van der Waals surface area contributed by atoms with E-state index in [0.717, 1.165) is 34.8 Å². The standard InChI is InChI=1S/C27H36ClN3O5S2/c1-27(2,3)36-26(35)31(13-10-18-6-4-7-19(28)16-18)12-5-14-37-15-11-29-17-22(33)20-8-9-21(32)23-24(20)38-25(34)30-23/h4,6-9,16,22,29,32-33H,5,10-15,17H2,1-3H3,(H,30,34)/t22-/m0/s1.